The quantitative estimate of drug-likeness (QED) is 0.314. The van der Waals surface area contributed by atoms with Crippen molar-refractivity contribution in [1.82, 2.24) is 15.1 Å². The number of amides is 1. The molecule has 1 aliphatic heterocycles. The summed E-state index contributed by atoms with van der Waals surface area (Å²) in [5.74, 6) is -0.849. The van der Waals surface area contributed by atoms with E-state index in [1.165, 1.54) is 16.7 Å². The van der Waals surface area contributed by atoms with E-state index >= 15 is 0 Å². The number of carbonyl (C=O) groups excluding carboxylic acids is 1. The van der Waals surface area contributed by atoms with Crippen LogP contribution in [0.25, 0.3) is 11.1 Å². The van der Waals surface area contributed by atoms with Crippen molar-refractivity contribution in [2.45, 2.75) is 19.6 Å². The smallest absolute Gasteiger partial charge is 0.335 e. The van der Waals surface area contributed by atoms with E-state index in [1.807, 2.05) is 41.3 Å². The van der Waals surface area contributed by atoms with Gasteiger partial charge in [0.2, 0.25) is 0 Å². The van der Waals surface area contributed by atoms with Gasteiger partial charge in [-0.15, -0.1) is 0 Å². The van der Waals surface area contributed by atoms with Crippen LogP contribution in [0, 0.1) is 0 Å². The fraction of sp³-hybridized carbons (Fsp3) is 0.212. The van der Waals surface area contributed by atoms with E-state index in [2.05, 4.69) is 58.7 Å². The van der Waals surface area contributed by atoms with E-state index in [4.69, 9.17) is 5.11 Å². The molecule has 0 spiro atoms. The minimum atomic E-state index is -0.924. The summed E-state index contributed by atoms with van der Waals surface area (Å²) in [6.07, 6.45) is 0. The summed E-state index contributed by atoms with van der Waals surface area (Å²) in [5, 5.41) is 12.5. The van der Waals surface area contributed by atoms with Gasteiger partial charge in [0, 0.05) is 51.4 Å². The minimum Gasteiger partial charge on any atom is -0.478 e. The van der Waals surface area contributed by atoms with E-state index in [0.717, 1.165) is 43.9 Å². The van der Waals surface area contributed by atoms with Crippen LogP contribution >= 0.6 is 0 Å². The molecule has 0 atom stereocenters. The molecule has 0 unspecified atom stereocenters. The largest absolute Gasteiger partial charge is 0.478 e. The Kier molecular flexibility index (Phi) is 8.46. The fourth-order valence-corrected chi connectivity index (χ4v) is 4.96. The first-order valence-electron chi connectivity index (χ1n) is 13.3. The summed E-state index contributed by atoms with van der Waals surface area (Å²) in [6, 6.07) is 33.8. The Morgan fingerprint density at radius 2 is 1.31 bits per heavy atom. The van der Waals surface area contributed by atoms with Gasteiger partial charge in [-0.3, -0.25) is 9.69 Å². The number of rotatable bonds is 9. The van der Waals surface area contributed by atoms with Gasteiger partial charge in [-0.05, 0) is 58.1 Å². The molecule has 1 fully saturated rings. The monoisotopic (exact) mass is 519 g/mol. The standard InChI is InChI=1S/C33H33N3O3/c37-32(29-14-12-25(13-15-29)22-34-23-26-6-4-11-31(20-26)33(38)39)36-18-16-35(17-19-36)24-27-7-5-10-30(21-27)28-8-2-1-3-9-28/h1-15,20-21,34H,16-19,22-24H2,(H,38,39). The molecule has 1 amide bonds. The molecule has 0 aromatic heterocycles. The number of piperazine rings is 1. The average Bonchev–Trinajstić information content (AvgIpc) is 2.98. The molecule has 0 bridgehead atoms. The van der Waals surface area contributed by atoms with Gasteiger partial charge in [-0.1, -0.05) is 72.8 Å². The molecule has 1 heterocycles. The molecule has 39 heavy (non-hydrogen) atoms. The summed E-state index contributed by atoms with van der Waals surface area (Å²) in [4.78, 5) is 28.6. The van der Waals surface area contributed by atoms with Crippen molar-refractivity contribution in [3.63, 3.8) is 0 Å². The zero-order valence-electron chi connectivity index (χ0n) is 21.9. The maximum Gasteiger partial charge on any atom is 0.335 e. The maximum absolute atomic E-state index is 13.1. The predicted octanol–water partition coefficient (Wildman–Crippen LogP) is 5.30. The van der Waals surface area contributed by atoms with Crippen LogP contribution in [0.15, 0.2) is 103 Å². The first-order chi connectivity index (χ1) is 19.0. The molecule has 4 aromatic carbocycles. The normalized spacial score (nSPS) is 13.8. The molecule has 0 saturated carbocycles. The molecule has 1 saturated heterocycles. The van der Waals surface area contributed by atoms with Crippen molar-refractivity contribution in [2.24, 2.45) is 0 Å². The number of carboxylic acid groups (broad SMARTS) is 1. The van der Waals surface area contributed by atoms with E-state index in [9.17, 15) is 9.59 Å². The number of hydrogen-bond donors (Lipinski definition) is 2. The maximum atomic E-state index is 13.1. The second-order valence-electron chi connectivity index (χ2n) is 9.94. The summed E-state index contributed by atoms with van der Waals surface area (Å²) >= 11 is 0. The molecule has 1 aliphatic rings. The lowest BCUT2D eigenvalue weighted by atomic mass is 10.0. The number of benzene rings is 4. The van der Waals surface area contributed by atoms with Gasteiger partial charge in [0.25, 0.3) is 5.91 Å². The number of nitrogens with one attached hydrogen (secondary N) is 1. The number of nitrogens with zero attached hydrogens (tertiary/aromatic N) is 2. The van der Waals surface area contributed by atoms with Gasteiger partial charge in [0.15, 0.2) is 0 Å². The Labute approximate surface area is 229 Å². The first kappa shape index (κ1) is 26.4. The van der Waals surface area contributed by atoms with E-state index in [-0.39, 0.29) is 11.5 Å². The van der Waals surface area contributed by atoms with Crippen LogP contribution in [0.1, 0.15) is 37.4 Å². The summed E-state index contributed by atoms with van der Waals surface area (Å²) < 4.78 is 0. The zero-order valence-corrected chi connectivity index (χ0v) is 21.9. The number of aromatic carboxylic acids is 1. The Morgan fingerprint density at radius 1 is 0.641 bits per heavy atom. The molecule has 5 rings (SSSR count). The lowest BCUT2D eigenvalue weighted by molar-refractivity contribution is 0.0627. The summed E-state index contributed by atoms with van der Waals surface area (Å²) in [7, 11) is 0. The highest BCUT2D eigenvalue weighted by Gasteiger charge is 2.22. The van der Waals surface area contributed by atoms with Crippen molar-refractivity contribution in [3.05, 3.63) is 131 Å². The van der Waals surface area contributed by atoms with Crippen LogP contribution in [0.2, 0.25) is 0 Å². The summed E-state index contributed by atoms with van der Waals surface area (Å²) in [6.45, 7) is 5.23. The lowest BCUT2D eigenvalue weighted by Crippen LogP contribution is -2.48. The summed E-state index contributed by atoms with van der Waals surface area (Å²) in [5.41, 5.74) is 6.73. The number of carbonyl (C=O) groups is 2. The molecule has 0 aliphatic carbocycles. The van der Waals surface area contributed by atoms with E-state index in [0.29, 0.717) is 18.7 Å². The molecule has 6 nitrogen and oxygen atoms in total. The van der Waals surface area contributed by atoms with Crippen LogP contribution in [0.5, 0.6) is 0 Å². The topological polar surface area (TPSA) is 72.9 Å². The van der Waals surface area contributed by atoms with Gasteiger partial charge in [-0.2, -0.15) is 0 Å². The number of hydrogen-bond acceptors (Lipinski definition) is 4. The SMILES string of the molecule is O=C(O)c1cccc(CNCc2ccc(C(=O)N3CCN(Cc4cccc(-c5ccccc5)c4)CC3)cc2)c1. The Morgan fingerprint density at radius 3 is 2.05 bits per heavy atom. The Bertz CT molecular complexity index is 1410. The average molecular weight is 520 g/mol. The van der Waals surface area contributed by atoms with Gasteiger partial charge in [0.1, 0.15) is 0 Å². The first-order valence-corrected chi connectivity index (χ1v) is 13.3. The van der Waals surface area contributed by atoms with Crippen molar-refractivity contribution >= 4 is 11.9 Å². The molecule has 4 aromatic rings. The molecular formula is C33H33N3O3. The Balaban J connectivity index is 1.09. The van der Waals surface area contributed by atoms with Crippen LogP contribution < -0.4 is 5.32 Å². The molecule has 198 valence electrons. The van der Waals surface area contributed by atoms with Crippen LogP contribution in [0.4, 0.5) is 0 Å². The highest BCUT2D eigenvalue weighted by Crippen LogP contribution is 2.21. The molecular weight excluding hydrogens is 486 g/mol. The molecule has 6 heteroatoms. The van der Waals surface area contributed by atoms with Crippen molar-refractivity contribution in [2.75, 3.05) is 26.2 Å². The third kappa shape index (κ3) is 6.99. The minimum absolute atomic E-state index is 0.0747. The Hall–Kier alpha value is -4.26. The molecule has 2 N–H and O–H groups in total. The van der Waals surface area contributed by atoms with Gasteiger partial charge in [-0.25, -0.2) is 4.79 Å². The number of carboxylic acids is 1. The van der Waals surface area contributed by atoms with Crippen molar-refractivity contribution < 1.29 is 14.7 Å². The third-order valence-corrected chi connectivity index (χ3v) is 7.13. The predicted molar refractivity (Wildman–Crippen MR) is 153 cm³/mol. The van der Waals surface area contributed by atoms with Crippen LogP contribution in [-0.2, 0) is 19.6 Å². The van der Waals surface area contributed by atoms with Gasteiger partial charge < -0.3 is 15.3 Å². The van der Waals surface area contributed by atoms with Crippen molar-refractivity contribution in [1.29, 1.82) is 0 Å². The van der Waals surface area contributed by atoms with Gasteiger partial charge in [0.05, 0.1) is 5.56 Å². The fourth-order valence-electron chi connectivity index (χ4n) is 4.96. The van der Waals surface area contributed by atoms with Crippen LogP contribution in [0.3, 0.4) is 0 Å². The van der Waals surface area contributed by atoms with E-state index in [1.54, 1.807) is 18.2 Å². The second-order valence-corrected chi connectivity index (χ2v) is 9.94. The highest BCUT2D eigenvalue weighted by atomic mass is 16.4. The van der Waals surface area contributed by atoms with Gasteiger partial charge >= 0.3 is 5.97 Å². The highest BCUT2D eigenvalue weighted by molar-refractivity contribution is 5.94. The van der Waals surface area contributed by atoms with Crippen LogP contribution in [-0.4, -0.2) is 53.0 Å². The third-order valence-electron chi connectivity index (χ3n) is 7.13. The lowest BCUT2D eigenvalue weighted by Gasteiger charge is -2.35. The van der Waals surface area contributed by atoms with Crippen molar-refractivity contribution in [3.8, 4) is 11.1 Å². The zero-order chi connectivity index (χ0) is 27.0. The second kappa shape index (κ2) is 12.5. The molecule has 0 radical (unpaired) electrons. The van der Waals surface area contributed by atoms with E-state index < -0.39 is 5.97 Å².